The molecule has 0 radical (unpaired) electrons. The summed E-state index contributed by atoms with van der Waals surface area (Å²) < 4.78 is 34.5. The highest BCUT2D eigenvalue weighted by Crippen LogP contribution is 2.21. The maximum absolute atomic E-state index is 12.2. The Morgan fingerprint density at radius 3 is 2.06 bits per heavy atom. The molecule has 8 nitrogen and oxygen atoms in total. The number of nitrogens with two attached hydrogens (primary N) is 2. The van der Waals surface area contributed by atoms with Crippen molar-refractivity contribution in [2.24, 2.45) is 16.5 Å². The number of ether oxygens (including phenoxy) is 1. The molecular weight excluding hydrogens is 418 g/mol. The quantitative estimate of drug-likeness (QED) is 0.191. The van der Waals surface area contributed by atoms with Crippen LogP contribution in [-0.2, 0) is 10.1 Å². The van der Waals surface area contributed by atoms with Gasteiger partial charge in [-0.3, -0.25) is 0 Å². The van der Waals surface area contributed by atoms with Crippen molar-refractivity contribution in [1.82, 2.24) is 0 Å². The van der Waals surface area contributed by atoms with Crippen LogP contribution >= 0.6 is 0 Å². The van der Waals surface area contributed by atoms with Crippen LogP contribution in [-0.4, -0.2) is 20.3 Å². The Labute approximate surface area is 179 Å². The summed E-state index contributed by atoms with van der Waals surface area (Å²) in [6.07, 6.45) is 1.43. The molecule has 0 atom stereocenters. The summed E-state index contributed by atoms with van der Waals surface area (Å²) in [4.78, 5) is 16.1. The first-order valence-electron chi connectivity index (χ1n) is 9.00. The van der Waals surface area contributed by atoms with E-state index in [1.54, 1.807) is 36.4 Å². The summed E-state index contributed by atoms with van der Waals surface area (Å²) in [5, 5.41) is 0.974. The first-order valence-corrected chi connectivity index (χ1v) is 10.5. The molecule has 0 heterocycles. The zero-order valence-corrected chi connectivity index (χ0v) is 17.0. The number of nitrogens with zero attached hydrogens (tertiary/aromatic N) is 1. The lowest BCUT2D eigenvalue weighted by atomic mass is 10.2. The van der Waals surface area contributed by atoms with Crippen LogP contribution in [0, 0.1) is 0 Å². The second-order valence-electron chi connectivity index (χ2n) is 6.23. The van der Waals surface area contributed by atoms with Gasteiger partial charge in [0, 0.05) is 0 Å². The van der Waals surface area contributed by atoms with E-state index in [0.717, 1.165) is 11.0 Å². The van der Waals surface area contributed by atoms with Crippen LogP contribution in [0.2, 0.25) is 0 Å². The summed E-state index contributed by atoms with van der Waals surface area (Å²) in [6, 6.07) is 20.8. The molecule has 3 aromatic rings. The number of guanidine groups is 1. The van der Waals surface area contributed by atoms with Gasteiger partial charge >= 0.3 is 16.1 Å². The Balaban J connectivity index is 1.61. The van der Waals surface area contributed by atoms with Crippen LogP contribution in [0.5, 0.6) is 11.5 Å². The maximum atomic E-state index is 12.2. The van der Waals surface area contributed by atoms with Gasteiger partial charge in [0.15, 0.2) is 5.96 Å². The number of esters is 1. The van der Waals surface area contributed by atoms with Gasteiger partial charge in [-0.25, -0.2) is 9.79 Å². The lowest BCUT2D eigenvalue weighted by Crippen LogP contribution is -2.21. The van der Waals surface area contributed by atoms with Crippen molar-refractivity contribution in [1.29, 1.82) is 0 Å². The van der Waals surface area contributed by atoms with E-state index in [2.05, 4.69) is 4.99 Å². The normalized spacial score (nSPS) is 11.1. The highest BCUT2D eigenvalue weighted by Gasteiger charge is 2.11. The van der Waals surface area contributed by atoms with E-state index in [9.17, 15) is 13.2 Å². The summed E-state index contributed by atoms with van der Waals surface area (Å²) >= 11 is 0. The van der Waals surface area contributed by atoms with E-state index >= 15 is 0 Å². The summed E-state index contributed by atoms with van der Waals surface area (Å²) in [6.45, 7) is 0. The summed E-state index contributed by atoms with van der Waals surface area (Å²) in [7, 11) is -3.94. The first kappa shape index (κ1) is 21.6. The van der Waals surface area contributed by atoms with Crippen molar-refractivity contribution < 1.29 is 22.1 Å². The minimum Gasteiger partial charge on any atom is -0.423 e. The fourth-order valence-corrected chi connectivity index (χ4v) is 3.20. The lowest BCUT2D eigenvalue weighted by molar-refractivity contribution is 0.0734. The van der Waals surface area contributed by atoms with E-state index < -0.39 is 16.1 Å². The molecular formula is C22H19N3O5S. The molecule has 0 aliphatic carbocycles. The first-order chi connectivity index (χ1) is 14.8. The van der Waals surface area contributed by atoms with Gasteiger partial charge < -0.3 is 20.4 Å². The maximum Gasteiger partial charge on any atom is 0.343 e. The van der Waals surface area contributed by atoms with Crippen LogP contribution in [0.1, 0.15) is 15.9 Å². The van der Waals surface area contributed by atoms with E-state index in [-0.39, 0.29) is 17.5 Å². The molecule has 0 aliphatic rings. The third-order valence-electron chi connectivity index (χ3n) is 3.83. The van der Waals surface area contributed by atoms with Crippen LogP contribution in [0.15, 0.2) is 89.3 Å². The molecule has 0 saturated heterocycles. The van der Waals surface area contributed by atoms with Crippen molar-refractivity contribution in [2.75, 3.05) is 0 Å². The topological polar surface area (TPSA) is 134 Å². The molecule has 3 aromatic carbocycles. The zero-order valence-electron chi connectivity index (χ0n) is 16.2. The Hall–Kier alpha value is -4.11. The van der Waals surface area contributed by atoms with E-state index in [0.29, 0.717) is 11.3 Å². The molecule has 158 valence electrons. The van der Waals surface area contributed by atoms with Crippen molar-refractivity contribution in [3.8, 4) is 11.5 Å². The Morgan fingerprint density at radius 2 is 1.45 bits per heavy atom. The van der Waals surface area contributed by atoms with E-state index in [1.165, 1.54) is 42.5 Å². The fourth-order valence-electron chi connectivity index (χ4n) is 2.44. The van der Waals surface area contributed by atoms with Gasteiger partial charge in [-0.2, -0.15) is 8.42 Å². The lowest BCUT2D eigenvalue weighted by Gasteiger charge is -2.07. The van der Waals surface area contributed by atoms with Crippen LogP contribution in [0.3, 0.4) is 0 Å². The number of carbonyl (C=O) groups is 1. The molecule has 0 spiro atoms. The van der Waals surface area contributed by atoms with Gasteiger partial charge in [0.2, 0.25) is 0 Å². The molecule has 0 fully saturated rings. The number of hydrogen-bond donors (Lipinski definition) is 2. The minimum absolute atomic E-state index is 0.0825. The summed E-state index contributed by atoms with van der Waals surface area (Å²) in [5.74, 6) is -0.375. The van der Waals surface area contributed by atoms with Gasteiger partial charge in [0.05, 0.1) is 16.7 Å². The van der Waals surface area contributed by atoms with Gasteiger partial charge in [-0.1, -0.05) is 30.3 Å². The average Bonchev–Trinajstić information content (AvgIpc) is 2.74. The molecule has 0 saturated carbocycles. The van der Waals surface area contributed by atoms with E-state index in [4.69, 9.17) is 20.4 Å². The largest absolute Gasteiger partial charge is 0.423 e. The summed E-state index contributed by atoms with van der Waals surface area (Å²) in [5.41, 5.74) is 12.1. The molecule has 4 N–H and O–H groups in total. The highest BCUT2D eigenvalue weighted by molar-refractivity contribution is 7.90. The van der Waals surface area contributed by atoms with Gasteiger partial charge in [-0.15, -0.1) is 0 Å². The number of aliphatic imine (C=N–C) groups is 1. The van der Waals surface area contributed by atoms with Crippen LogP contribution in [0.25, 0.3) is 6.08 Å². The van der Waals surface area contributed by atoms with Gasteiger partial charge in [-0.05, 0) is 60.2 Å². The zero-order chi connectivity index (χ0) is 22.3. The van der Waals surface area contributed by atoms with E-state index in [1.807, 2.05) is 6.07 Å². The third-order valence-corrected chi connectivity index (χ3v) is 4.73. The average molecular weight is 437 g/mol. The highest BCUT2D eigenvalue weighted by atomic mass is 32.2. The van der Waals surface area contributed by atoms with Crippen molar-refractivity contribution in [3.05, 3.63) is 95.4 Å². The smallest absolute Gasteiger partial charge is 0.343 e. The molecule has 0 bridgehead atoms. The molecule has 0 amide bonds. The molecule has 0 unspecified atom stereocenters. The van der Waals surface area contributed by atoms with Gasteiger partial charge in [0.1, 0.15) is 11.5 Å². The predicted molar refractivity (Wildman–Crippen MR) is 118 cm³/mol. The molecule has 0 aliphatic heterocycles. The van der Waals surface area contributed by atoms with Crippen molar-refractivity contribution in [3.63, 3.8) is 0 Å². The van der Waals surface area contributed by atoms with Crippen LogP contribution in [0.4, 0.5) is 5.69 Å². The van der Waals surface area contributed by atoms with Crippen LogP contribution < -0.4 is 20.4 Å². The number of benzene rings is 3. The van der Waals surface area contributed by atoms with Crippen molar-refractivity contribution in [2.45, 2.75) is 0 Å². The number of rotatable bonds is 7. The minimum atomic E-state index is -3.94. The Morgan fingerprint density at radius 1 is 0.839 bits per heavy atom. The number of hydrogen-bond acceptors (Lipinski definition) is 6. The second kappa shape index (κ2) is 9.59. The number of carbonyl (C=O) groups excluding carboxylic acids is 1. The predicted octanol–water partition coefficient (Wildman–Crippen LogP) is 3.19. The molecule has 0 aromatic heterocycles. The Bertz CT molecular complexity index is 1200. The monoisotopic (exact) mass is 437 g/mol. The molecule has 9 heteroatoms. The van der Waals surface area contributed by atoms with Crippen molar-refractivity contribution >= 4 is 33.8 Å². The standard InChI is InChI=1S/C22H19N3O5S/c23-22(24)25-18-8-6-17(7-9-18)21(26)29-19-10-12-20(13-11-19)30-31(27,28)15-14-16-4-2-1-3-5-16/h1-15H,(H4,23,24,25)/b15-14+. The molecule has 3 rings (SSSR count). The van der Waals surface area contributed by atoms with Gasteiger partial charge in [0.25, 0.3) is 0 Å². The third kappa shape index (κ3) is 6.72. The Kier molecular flexibility index (Phi) is 6.68. The molecule has 31 heavy (non-hydrogen) atoms. The SMILES string of the molecule is NC(N)=Nc1ccc(C(=O)Oc2ccc(OS(=O)(=O)/C=C/c3ccccc3)cc2)cc1. The fraction of sp³-hybridized carbons (Fsp3) is 0. The second-order valence-corrected chi connectivity index (χ2v) is 7.66.